The summed E-state index contributed by atoms with van der Waals surface area (Å²) < 4.78 is 5.92. The molecule has 206 valence electrons. The molecule has 0 fully saturated rings. The Kier molecular flexibility index (Phi) is 10.3. The fraction of sp³-hybridized carbons (Fsp3) is 0.229. The number of likely N-dealkylation sites (N-methyl/N-ethyl adjacent to an activating group) is 1. The van der Waals surface area contributed by atoms with E-state index < -0.39 is 6.04 Å². The van der Waals surface area contributed by atoms with Crippen LogP contribution in [0.1, 0.15) is 35.6 Å². The average Bonchev–Trinajstić information content (AvgIpc) is 2.97. The number of hydrogen-bond donors (Lipinski definition) is 2. The van der Waals surface area contributed by atoms with Crippen LogP contribution in [0.2, 0.25) is 0 Å². The van der Waals surface area contributed by atoms with Crippen LogP contribution >= 0.6 is 0 Å². The van der Waals surface area contributed by atoms with Gasteiger partial charge in [0.25, 0.3) is 0 Å². The summed E-state index contributed by atoms with van der Waals surface area (Å²) in [4.78, 5) is 14.8. The van der Waals surface area contributed by atoms with E-state index in [1.54, 1.807) is 0 Å². The van der Waals surface area contributed by atoms with Crippen molar-refractivity contribution in [1.29, 1.82) is 0 Å². The number of hydrogen-bond acceptors (Lipinski definition) is 4. The summed E-state index contributed by atoms with van der Waals surface area (Å²) in [5.41, 5.74) is 13.8. The highest BCUT2D eigenvalue weighted by Crippen LogP contribution is 2.35. The Morgan fingerprint density at radius 3 is 1.98 bits per heavy atom. The zero-order chi connectivity index (χ0) is 28.3. The van der Waals surface area contributed by atoms with Crippen LogP contribution in [-0.4, -0.2) is 44.1 Å². The Bertz CT molecular complexity index is 1380. The number of carbonyl (C=O) groups excluding carboxylic acids is 1. The molecular formula is C35H39N3O2. The summed E-state index contributed by atoms with van der Waals surface area (Å²) in [6, 6.07) is 36.1. The molecule has 1 amide bonds. The molecular weight excluding hydrogens is 494 g/mol. The SMILES string of the molecule is CC/C(=C(\c1ccccc1)c1ccc(OCCN(C)C)cc1)c1ccc(NC(=O)C(N)Cc2ccccc2)cc1. The van der Waals surface area contributed by atoms with Gasteiger partial charge in [0.1, 0.15) is 12.4 Å². The fourth-order valence-corrected chi connectivity index (χ4v) is 4.66. The summed E-state index contributed by atoms with van der Waals surface area (Å²) >= 11 is 0. The van der Waals surface area contributed by atoms with Crippen molar-refractivity contribution in [1.82, 2.24) is 4.90 Å². The molecule has 1 atom stereocenters. The normalized spacial score (nSPS) is 12.5. The van der Waals surface area contributed by atoms with Crippen molar-refractivity contribution in [3.05, 3.63) is 131 Å². The lowest BCUT2D eigenvalue weighted by Gasteiger charge is -2.18. The van der Waals surface area contributed by atoms with E-state index in [2.05, 4.69) is 65.7 Å². The zero-order valence-corrected chi connectivity index (χ0v) is 23.6. The van der Waals surface area contributed by atoms with Gasteiger partial charge >= 0.3 is 0 Å². The van der Waals surface area contributed by atoms with E-state index in [4.69, 9.17) is 10.5 Å². The van der Waals surface area contributed by atoms with Gasteiger partial charge < -0.3 is 20.7 Å². The fourth-order valence-electron chi connectivity index (χ4n) is 4.66. The van der Waals surface area contributed by atoms with Gasteiger partial charge in [-0.3, -0.25) is 4.79 Å². The summed E-state index contributed by atoms with van der Waals surface area (Å²) in [6.45, 7) is 3.69. The number of nitrogens with one attached hydrogen (secondary N) is 1. The van der Waals surface area contributed by atoms with Gasteiger partial charge in [0.05, 0.1) is 6.04 Å². The molecule has 0 bridgehead atoms. The molecule has 4 rings (SSSR count). The first-order chi connectivity index (χ1) is 19.4. The second-order valence-electron chi connectivity index (χ2n) is 10.1. The molecule has 0 aromatic heterocycles. The van der Waals surface area contributed by atoms with Crippen LogP contribution in [-0.2, 0) is 11.2 Å². The summed E-state index contributed by atoms with van der Waals surface area (Å²) in [6.07, 6.45) is 1.34. The van der Waals surface area contributed by atoms with Gasteiger partial charge in [-0.25, -0.2) is 0 Å². The number of benzene rings is 4. The molecule has 4 aromatic rings. The quantitative estimate of drug-likeness (QED) is 0.204. The predicted octanol–water partition coefficient (Wildman–Crippen LogP) is 6.50. The molecule has 0 aliphatic heterocycles. The Hall–Kier alpha value is -4.19. The maximum absolute atomic E-state index is 12.7. The molecule has 1 unspecified atom stereocenters. The van der Waals surface area contributed by atoms with Gasteiger partial charge in [-0.1, -0.05) is 91.9 Å². The second-order valence-corrected chi connectivity index (χ2v) is 10.1. The molecule has 40 heavy (non-hydrogen) atoms. The van der Waals surface area contributed by atoms with E-state index in [-0.39, 0.29) is 5.91 Å². The summed E-state index contributed by atoms with van der Waals surface area (Å²) in [7, 11) is 4.08. The number of allylic oxidation sites excluding steroid dienone is 1. The van der Waals surface area contributed by atoms with E-state index >= 15 is 0 Å². The molecule has 0 heterocycles. The summed E-state index contributed by atoms with van der Waals surface area (Å²) in [5, 5.41) is 2.97. The number of rotatable bonds is 12. The summed E-state index contributed by atoms with van der Waals surface area (Å²) in [5.74, 6) is 0.669. The van der Waals surface area contributed by atoms with E-state index in [0.717, 1.165) is 46.7 Å². The molecule has 0 aliphatic carbocycles. The Balaban J connectivity index is 1.56. The van der Waals surface area contributed by atoms with Crippen molar-refractivity contribution in [2.75, 3.05) is 32.6 Å². The molecule has 0 saturated heterocycles. The third kappa shape index (κ3) is 7.92. The van der Waals surface area contributed by atoms with Crippen molar-refractivity contribution in [2.45, 2.75) is 25.8 Å². The number of amides is 1. The third-order valence-electron chi connectivity index (χ3n) is 6.80. The number of nitrogens with zero attached hydrogens (tertiary/aromatic N) is 1. The maximum Gasteiger partial charge on any atom is 0.241 e. The molecule has 0 spiro atoms. The molecule has 3 N–H and O–H groups in total. The number of anilines is 1. The average molecular weight is 534 g/mol. The van der Waals surface area contributed by atoms with Gasteiger partial charge in [0.2, 0.25) is 5.91 Å². The molecule has 5 nitrogen and oxygen atoms in total. The maximum atomic E-state index is 12.7. The minimum absolute atomic E-state index is 0.194. The van der Waals surface area contributed by atoms with Gasteiger partial charge in [-0.15, -0.1) is 0 Å². The van der Waals surface area contributed by atoms with Gasteiger partial charge in [0.15, 0.2) is 0 Å². The van der Waals surface area contributed by atoms with Crippen LogP contribution in [0.3, 0.4) is 0 Å². The van der Waals surface area contributed by atoms with Crippen molar-refractivity contribution in [2.24, 2.45) is 5.73 Å². The lowest BCUT2D eigenvalue weighted by molar-refractivity contribution is -0.117. The molecule has 0 aliphatic rings. The first kappa shape index (κ1) is 28.8. The largest absolute Gasteiger partial charge is 0.492 e. The lowest BCUT2D eigenvalue weighted by atomic mass is 9.88. The molecule has 4 aromatic carbocycles. The van der Waals surface area contributed by atoms with Crippen molar-refractivity contribution in [3.63, 3.8) is 0 Å². The minimum atomic E-state index is -0.618. The smallest absolute Gasteiger partial charge is 0.241 e. The van der Waals surface area contributed by atoms with Crippen LogP contribution < -0.4 is 15.8 Å². The minimum Gasteiger partial charge on any atom is -0.492 e. The first-order valence-corrected chi connectivity index (χ1v) is 13.8. The van der Waals surface area contributed by atoms with E-state index in [1.807, 2.05) is 74.8 Å². The number of ether oxygens (including phenoxy) is 1. The number of carbonyl (C=O) groups is 1. The Morgan fingerprint density at radius 1 is 0.800 bits per heavy atom. The van der Waals surface area contributed by atoms with Crippen LogP contribution in [0.4, 0.5) is 5.69 Å². The highest BCUT2D eigenvalue weighted by molar-refractivity contribution is 5.99. The molecule has 5 heteroatoms. The van der Waals surface area contributed by atoms with Crippen LogP contribution in [0.5, 0.6) is 5.75 Å². The van der Waals surface area contributed by atoms with E-state index in [9.17, 15) is 4.79 Å². The van der Waals surface area contributed by atoms with Gasteiger partial charge in [-0.2, -0.15) is 0 Å². The molecule has 0 radical (unpaired) electrons. The van der Waals surface area contributed by atoms with Crippen molar-refractivity contribution < 1.29 is 9.53 Å². The Labute approximate surface area is 238 Å². The van der Waals surface area contributed by atoms with Crippen LogP contribution in [0.25, 0.3) is 11.1 Å². The number of nitrogens with two attached hydrogens (primary N) is 1. The first-order valence-electron chi connectivity index (χ1n) is 13.8. The monoisotopic (exact) mass is 533 g/mol. The Morgan fingerprint density at radius 2 is 1.38 bits per heavy atom. The lowest BCUT2D eigenvalue weighted by Crippen LogP contribution is -2.37. The molecule has 0 saturated carbocycles. The van der Waals surface area contributed by atoms with Crippen molar-refractivity contribution >= 4 is 22.7 Å². The van der Waals surface area contributed by atoms with Crippen molar-refractivity contribution in [3.8, 4) is 5.75 Å². The predicted molar refractivity (Wildman–Crippen MR) is 166 cm³/mol. The van der Waals surface area contributed by atoms with Gasteiger partial charge in [0, 0.05) is 12.2 Å². The highest BCUT2D eigenvalue weighted by Gasteiger charge is 2.16. The third-order valence-corrected chi connectivity index (χ3v) is 6.80. The van der Waals surface area contributed by atoms with Crippen LogP contribution in [0, 0.1) is 0 Å². The highest BCUT2D eigenvalue weighted by atomic mass is 16.5. The van der Waals surface area contributed by atoms with E-state index in [1.165, 1.54) is 11.1 Å². The second kappa shape index (κ2) is 14.3. The van der Waals surface area contributed by atoms with E-state index in [0.29, 0.717) is 13.0 Å². The van der Waals surface area contributed by atoms with Crippen LogP contribution in [0.15, 0.2) is 109 Å². The topological polar surface area (TPSA) is 67.6 Å². The van der Waals surface area contributed by atoms with Gasteiger partial charge in [-0.05, 0) is 84.6 Å². The zero-order valence-electron chi connectivity index (χ0n) is 23.6. The standard InChI is InChI=1S/C35H39N3O2/c1-4-32(27-15-19-30(20-16-27)37-35(39)33(36)25-26-11-7-5-8-12-26)34(28-13-9-6-10-14-28)29-17-21-31(22-18-29)40-24-23-38(2)3/h5-22,33H,4,23-25,36H2,1-3H3,(H,37,39)/b34-32-.